The average molecular weight is 363 g/mol. The Bertz CT molecular complexity index is 952. The van der Waals surface area contributed by atoms with E-state index >= 15 is 0 Å². The molecule has 0 aliphatic heterocycles. The number of carbonyl (C=O) groups excluding carboxylic acids is 1. The van der Waals surface area contributed by atoms with Crippen LogP contribution in [-0.4, -0.2) is 17.0 Å². The molecule has 0 aliphatic carbocycles. The lowest BCUT2D eigenvalue weighted by Gasteiger charge is -2.23. The van der Waals surface area contributed by atoms with Crippen molar-refractivity contribution >= 4 is 28.9 Å². The van der Waals surface area contributed by atoms with E-state index in [9.17, 15) is 9.59 Å². The van der Waals surface area contributed by atoms with Crippen molar-refractivity contribution in [1.82, 2.24) is 0 Å². The maximum atomic E-state index is 13.0. The van der Waals surface area contributed by atoms with E-state index in [2.05, 4.69) is 0 Å². The summed E-state index contributed by atoms with van der Waals surface area (Å²) in [6.45, 7) is 0. The van der Waals surface area contributed by atoms with Gasteiger partial charge in [-0.1, -0.05) is 0 Å². The minimum absolute atomic E-state index is 0.117. The molecule has 5 N–H and O–H groups in total. The van der Waals surface area contributed by atoms with Gasteiger partial charge in [0.15, 0.2) is 5.75 Å². The zero-order chi connectivity index (χ0) is 19.4. The summed E-state index contributed by atoms with van der Waals surface area (Å²) in [5.74, 6) is -1.16. The molecule has 0 fully saturated rings. The van der Waals surface area contributed by atoms with Gasteiger partial charge in [-0.3, -0.25) is 4.79 Å². The number of nitrogens with zero attached hydrogens (tertiary/aromatic N) is 1. The topological polar surface area (TPSA) is 119 Å². The number of carbonyl (C=O) groups is 2. The normalized spacial score (nSPS) is 10.2. The van der Waals surface area contributed by atoms with E-state index < -0.39 is 11.9 Å². The highest BCUT2D eigenvalue weighted by atomic mass is 16.7. The molecular formula is C20H17N3O4. The second-order valence-electron chi connectivity index (χ2n) is 5.73. The standard InChI is InChI=1S/C20H17N3O4/c21-15-5-1-13(2-6-15)19(24)23(17-9-7-16(22)8-10-17)27-18-11-3-14(4-12-18)20(25)26/h1-12H,21-22H2,(H,25,26). The van der Waals surface area contributed by atoms with E-state index in [1.165, 1.54) is 24.3 Å². The molecule has 0 saturated carbocycles. The first kappa shape index (κ1) is 17.8. The van der Waals surface area contributed by atoms with Gasteiger partial charge in [0, 0.05) is 16.9 Å². The summed E-state index contributed by atoms with van der Waals surface area (Å²) in [7, 11) is 0. The Labute approximate surface area is 155 Å². The molecule has 136 valence electrons. The molecule has 7 nitrogen and oxygen atoms in total. The predicted molar refractivity (Wildman–Crippen MR) is 103 cm³/mol. The minimum Gasteiger partial charge on any atom is -0.478 e. The fourth-order valence-corrected chi connectivity index (χ4v) is 2.33. The van der Waals surface area contributed by atoms with Crippen molar-refractivity contribution in [3.05, 3.63) is 83.9 Å². The van der Waals surface area contributed by atoms with E-state index in [0.29, 0.717) is 28.4 Å². The van der Waals surface area contributed by atoms with Crippen molar-refractivity contribution in [2.24, 2.45) is 0 Å². The predicted octanol–water partition coefficient (Wildman–Crippen LogP) is 3.19. The number of aromatic carboxylic acids is 1. The van der Waals surface area contributed by atoms with E-state index in [1.54, 1.807) is 48.5 Å². The quantitative estimate of drug-likeness (QED) is 0.473. The molecule has 0 atom stereocenters. The summed E-state index contributed by atoms with van der Waals surface area (Å²) in [4.78, 5) is 29.7. The van der Waals surface area contributed by atoms with E-state index in [0.717, 1.165) is 5.06 Å². The number of benzene rings is 3. The first-order valence-corrected chi connectivity index (χ1v) is 8.01. The van der Waals surface area contributed by atoms with Crippen LogP contribution < -0.4 is 21.4 Å². The Morgan fingerprint density at radius 1 is 0.741 bits per heavy atom. The van der Waals surface area contributed by atoms with E-state index in [1.807, 2.05) is 0 Å². The largest absolute Gasteiger partial charge is 0.478 e. The number of nitrogens with two attached hydrogens (primary N) is 2. The molecule has 0 aromatic heterocycles. The monoisotopic (exact) mass is 363 g/mol. The van der Waals surface area contributed by atoms with Gasteiger partial charge in [-0.05, 0) is 72.8 Å². The summed E-state index contributed by atoms with van der Waals surface area (Å²) in [5.41, 5.74) is 13.4. The molecule has 0 spiro atoms. The molecule has 1 amide bonds. The highest BCUT2D eigenvalue weighted by Crippen LogP contribution is 2.23. The van der Waals surface area contributed by atoms with Gasteiger partial charge in [-0.15, -0.1) is 5.06 Å². The molecule has 0 bridgehead atoms. The van der Waals surface area contributed by atoms with Crippen LogP contribution in [0.15, 0.2) is 72.8 Å². The molecule has 0 unspecified atom stereocenters. The van der Waals surface area contributed by atoms with Gasteiger partial charge in [0.1, 0.15) is 0 Å². The van der Waals surface area contributed by atoms with Crippen LogP contribution in [0.5, 0.6) is 5.75 Å². The van der Waals surface area contributed by atoms with E-state index in [4.69, 9.17) is 21.4 Å². The zero-order valence-corrected chi connectivity index (χ0v) is 14.2. The molecule has 3 aromatic rings. The van der Waals surface area contributed by atoms with Crippen molar-refractivity contribution in [3.8, 4) is 5.75 Å². The minimum atomic E-state index is -1.05. The molecule has 7 heteroatoms. The molecule has 3 aromatic carbocycles. The van der Waals surface area contributed by atoms with Crippen molar-refractivity contribution in [2.75, 3.05) is 16.5 Å². The number of nitrogen functional groups attached to an aromatic ring is 2. The summed E-state index contributed by atoms with van der Waals surface area (Å²) in [5, 5.41) is 10.1. The maximum Gasteiger partial charge on any atom is 0.335 e. The van der Waals surface area contributed by atoms with Gasteiger partial charge < -0.3 is 21.4 Å². The lowest BCUT2D eigenvalue weighted by molar-refractivity contribution is 0.0696. The SMILES string of the molecule is Nc1ccc(C(=O)N(Oc2ccc(C(=O)O)cc2)c2ccc(N)cc2)cc1. The van der Waals surface area contributed by atoms with Crippen LogP contribution in [0.25, 0.3) is 0 Å². The second kappa shape index (κ2) is 7.49. The molecule has 3 rings (SSSR count). The van der Waals surface area contributed by atoms with Gasteiger partial charge >= 0.3 is 5.97 Å². The maximum absolute atomic E-state index is 13.0. The highest BCUT2D eigenvalue weighted by Gasteiger charge is 2.20. The summed E-state index contributed by atoms with van der Waals surface area (Å²) in [6.07, 6.45) is 0. The van der Waals surface area contributed by atoms with Crippen LogP contribution in [0.4, 0.5) is 17.1 Å². The van der Waals surface area contributed by atoms with Crippen molar-refractivity contribution in [2.45, 2.75) is 0 Å². The molecule has 0 saturated heterocycles. The fourth-order valence-electron chi connectivity index (χ4n) is 2.33. The van der Waals surface area contributed by atoms with Crippen LogP contribution in [-0.2, 0) is 0 Å². The Kier molecular flexibility index (Phi) is 4.94. The lowest BCUT2D eigenvalue weighted by atomic mass is 10.2. The Morgan fingerprint density at radius 3 is 1.74 bits per heavy atom. The van der Waals surface area contributed by atoms with E-state index in [-0.39, 0.29) is 5.56 Å². The molecular weight excluding hydrogens is 346 g/mol. The third-order valence-corrected chi connectivity index (χ3v) is 3.77. The van der Waals surface area contributed by atoms with Gasteiger partial charge in [0.05, 0.1) is 11.3 Å². The van der Waals surface area contributed by atoms with Crippen molar-refractivity contribution in [1.29, 1.82) is 0 Å². The van der Waals surface area contributed by atoms with Crippen LogP contribution in [0.3, 0.4) is 0 Å². The number of hydrogen-bond acceptors (Lipinski definition) is 5. The number of amides is 1. The Balaban J connectivity index is 1.94. The van der Waals surface area contributed by atoms with Gasteiger partial charge in [0.2, 0.25) is 0 Å². The summed E-state index contributed by atoms with van der Waals surface area (Å²) in [6, 6.07) is 18.8. The second-order valence-corrected chi connectivity index (χ2v) is 5.73. The van der Waals surface area contributed by atoms with Crippen molar-refractivity contribution < 1.29 is 19.5 Å². The number of carboxylic acids is 1. The first-order valence-electron chi connectivity index (χ1n) is 8.01. The average Bonchev–Trinajstić information content (AvgIpc) is 2.67. The third kappa shape index (κ3) is 4.16. The van der Waals surface area contributed by atoms with Crippen LogP contribution in [0.1, 0.15) is 20.7 Å². The summed E-state index contributed by atoms with van der Waals surface area (Å²) >= 11 is 0. The highest BCUT2D eigenvalue weighted by molar-refractivity contribution is 6.05. The van der Waals surface area contributed by atoms with Crippen LogP contribution in [0, 0.1) is 0 Å². The number of hydroxylamine groups is 1. The third-order valence-electron chi connectivity index (χ3n) is 3.77. The first-order chi connectivity index (χ1) is 12.9. The molecule has 27 heavy (non-hydrogen) atoms. The summed E-state index contributed by atoms with van der Waals surface area (Å²) < 4.78 is 0. The van der Waals surface area contributed by atoms with Crippen LogP contribution >= 0.6 is 0 Å². The van der Waals surface area contributed by atoms with Gasteiger partial charge in [0.25, 0.3) is 5.91 Å². The van der Waals surface area contributed by atoms with Gasteiger partial charge in [-0.2, -0.15) is 0 Å². The van der Waals surface area contributed by atoms with Crippen molar-refractivity contribution in [3.63, 3.8) is 0 Å². The molecule has 0 radical (unpaired) electrons. The molecule has 0 heterocycles. The smallest absolute Gasteiger partial charge is 0.335 e. The number of carboxylic acid groups (broad SMARTS) is 1. The Hall–Kier alpha value is -4.00. The Morgan fingerprint density at radius 2 is 1.22 bits per heavy atom. The number of anilines is 3. The number of rotatable bonds is 5. The zero-order valence-electron chi connectivity index (χ0n) is 14.2. The number of hydrogen-bond donors (Lipinski definition) is 3. The van der Waals surface area contributed by atoms with Crippen LogP contribution in [0.2, 0.25) is 0 Å². The lowest BCUT2D eigenvalue weighted by Crippen LogP contribution is -2.34. The van der Waals surface area contributed by atoms with Gasteiger partial charge in [-0.25, -0.2) is 4.79 Å². The fraction of sp³-hybridized carbons (Fsp3) is 0. The molecule has 0 aliphatic rings.